The van der Waals surface area contributed by atoms with Crippen LogP contribution in [-0.2, 0) is 9.59 Å². The highest BCUT2D eigenvalue weighted by molar-refractivity contribution is 5.98. The van der Waals surface area contributed by atoms with Crippen molar-refractivity contribution in [3.63, 3.8) is 0 Å². The average molecular weight is 209 g/mol. The van der Waals surface area contributed by atoms with E-state index >= 15 is 0 Å². The van der Waals surface area contributed by atoms with Crippen LogP contribution in [0.2, 0.25) is 0 Å². The molecule has 1 heterocycles. The molecule has 1 aliphatic carbocycles. The van der Waals surface area contributed by atoms with E-state index in [1.54, 1.807) is 0 Å². The van der Waals surface area contributed by atoms with Gasteiger partial charge in [-0.05, 0) is 23.7 Å². The fraction of sp³-hybridized carbons (Fsp3) is 0.833. The molecular weight excluding hydrogens is 190 g/mol. The fourth-order valence-electron chi connectivity index (χ4n) is 3.21. The second-order valence-electron chi connectivity index (χ2n) is 5.70. The topological polar surface area (TPSA) is 46.2 Å². The highest BCUT2D eigenvalue weighted by Gasteiger charge is 2.50. The Balaban J connectivity index is 2.29. The minimum Gasteiger partial charge on any atom is -0.296 e. The number of piperidine rings is 1. The zero-order chi connectivity index (χ0) is 11.1. The number of nitrogens with one attached hydrogen (secondary N) is 1. The van der Waals surface area contributed by atoms with Crippen molar-refractivity contribution in [1.29, 1.82) is 0 Å². The predicted molar refractivity (Wildman–Crippen MR) is 57.1 cm³/mol. The van der Waals surface area contributed by atoms with Crippen molar-refractivity contribution in [2.45, 2.75) is 52.4 Å². The van der Waals surface area contributed by atoms with E-state index < -0.39 is 0 Å². The zero-order valence-corrected chi connectivity index (χ0v) is 9.56. The van der Waals surface area contributed by atoms with E-state index in [1.807, 2.05) is 0 Å². The molecule has 3 heteroatoms. The van der Waals surface area contributed by atoms with Gasteiger partial charge >= 0.3 is 0 Å². The lowest BCUT2D eigenvalue weighted by atomic mass is 9.54. The van der Waals surface area contributed by atoms with Crippen molar-refractivity contribution in [2.75, 3.05) is 0 Å². The van der Waals surface area contributed by atoms with Crippen LogP contribution in [0.3, 0.4) is 0 Å². The Hall–Kier alpha value is -0.860. The number of amides is 2. The molecule has 0 radical (unpaired) electrons. The minimum absolute atomic E-state index is 0.0648. The van der Waals surface area contributed by atoms with Crippen molar-refractivity contribution in [2.24, 2.45) is 10.8 Å². The Labute approximate surface area is 90.6 Å². The molecule has 1 N–H and O–H groups in total. The molecule has 1 spiro atoms. The highest BCUT2D eigenvalue weighted by Crippen LogP contribution is 2.55. The Morgan fingerprint density at radius 1 is 1.00 bits per heavy atom. The molecule has 2 amide bonds. The summed E-state index contributed by atoms with van der Waals surface area (Å²) in [6.45, 7) is 4.41. The molecule has 1 saturated heterocycles. The van der Waals surface area contributed by atoms with E-state index in [4.69, 9.17) is 0 Å². The predicted octanol–water partition coefficient (Wildman–Crippen LogP) is 2.01. The van der Waals surface area contributed by atoms with Crippen molar-refractivity contribution in [3.8, 4) is 0 Å². The van der Waals surface area contributed by atoms with Crippen LogP contribution in [0, 0.1) is 10.8 Å². The third-order valence-electron chi connectivity index (χ3n) is 4.42. The number of rotatable bonds is 0. The van der Waals surface area contributed by atoms with E-state index in [2.05, 4.69) is 19.2 Å². The molecule has 3 nitrogen and oxygen atoms in total. The summed E-state index contributed by atoms with van der Waals surface area (Å²) in [5.41, 5.74) is 0.0589. The van der Waals surface area contributed by atoms with Crippen LogP contribution in [0.4, 0.5) is 0 Å². The van der Waals surface area contributed by atoms with Gasteiger partial charge in [0, 0.05) is 12.8 Å². The van der Waals surface area contributed by atoms with E-state index in [-0.39, 0.29) is 22.6 Å². The molecule has 0 atom stereocenters. The SMILES string of the molecule is CC1(C)CCCCC12CC(=O)NC(=O)C2. The third kappa shape index (κ3) is 1.68. The lowest BCUT2D eigenvalue weighted by Gasteiger charge is -2.51. The first-order chi connectivity index (χ1) is 6.95. The second-order valence-corrected chi connectivity index (χ2v) is 5.70. The van der Waals surface area contributed by atoms with Gasteiger partial charge in [0.05, 0.1) is 0 Å². The summed E-state index contributed by atoms with van der Waals surface area (Å²) in [5, 5.41) is 2.41. The molecular formula is C12H19NO2. The van der Waals surface area contributed by atoms with Crippen LogP contribution in [0.5, 0.6) is 0 Å². The summed E-state index contributed by atoms with van der Waals surface area (Å²) in [6.07, 6.45) is 5.61. The highest BCUT2D eigenvalue weighted by atomic mass is 16.2. The maximum Gasteiger partial charge on any atom is 0.227 e. The van der Waals surface area contributed by atoms with Crippen LogP contribution in [0.1, 0.15) is 52.4 Å². The van der Waals surface area contributed by atoms with Gasteiger partial charge in [-0.15, -0.1) is 0 Å². The monoisotopic (exact) mass is 209 g/mol. The summed E-state index contributed by atoms with van der Waals surface area (Å²) in [4.78, 5) is 23.0. The molecule has 1 saturated carbocycles. The van der Waals surface area contributed by atoms with Crippen molar-refractivity contribution in [3.05, 3.63) is 0 Å². The van der Waals surface area contributed by atoms with E-state index in [9.17, 15) is 9.59 Å². The van der Waals surface area contributed by atoms with Gasteiger partial charge in [0.1, 0.15) is 0 Å². The Bertz CT molecular complexity index is 291. The molecule has 2 fully saturated rings. The number of carbonyl (C=O) groups is 2. The van der Waals surface area contributed by atoms with Gasteiger partial charge < -0.3 is 0 Å². The molecule has 0 bridgehead atoms. The molecule has 0 unspecified atom stereocenters. The fourth-order valence-corrected chi connectivity index (χ4v) is 3.21. The lowest BCUT2D eigenvalue weighted by Crippen LogP contribution is -2.52. The van der Waals surface area contributed by atoms with Gasteiger partial charge in [-0.25, -0.2) is 0 Å². The lowest BCUT2D eigenvalue weighted by molar-refractivity contribution is -0.145. The molecule has 2 aliphatic rings. The first kappa shape index (κ1) is 10.7. The van der Waals surface area contributed by atoms with Gasteiger partial charge in [-0.2, -0.15) is 0 Å². The number of hydrogen-bond donors (Lipinski definition) is 1. The van der Waals surface area contributed by atoms with Gasteiger partial charge in [0.15, 0.2) is 0 Å². The Kier molecular flexibility index (Phi) is 2.36. The van der Waals surface area contributed by atoms with Crippen LogP contribution in [0.15, 0.2) is 0 Å². The van der Waals surface area contributed by atoms with Crippen molar-refractivity contribution in [1.82, 2.24) is 5.32 Å². The normalized spacial score (nSPS) is 28.9. The van der Waals surface area contributed by atoms with Crippen molar-refractivity contribution >= 4 is 11.8 Å². The van der Waals surface area contributed by atoms with Gasteiger partial charge in [0.25, 0.3) is 0 Å². The third-order valence-corrected chi connectivity index (χ3v) is 4.42. The van der Waals surface area contributed by atoms with E-state index in [0.29, 0.717) is 12.8 Å². The van der Waals surface area contributed by atoms with Crippen LogP contribution >= 0.6 is 0 Å². The number of carbonyl (C=O) groups excluding carboxylic acids is 2. The van der Waals surface area contributed by atoms with Crippen molar-refractivity contribution < 1.29 is 9.59 Å². The molecule has 0 aromatic rings. The summed E-state index contributed by atoms with van der Waals surface area (Å²) in [6, 6.07) is 0. The largest absolute Gasteiger partial charge is 0.296 e. The molecule has 2 rings (SSSR count). The van der Waals surface area contributed by atoms with Crippen LogP contribution in [-0.4, -0.2) is 11.8 Å². The maximum atomic E-state index is 11.5. The Morgan fingerprint density at radius 2 is 1.53 bits per heavy atom. The summed E-state index contributed by atoms with van der Waals surface area (Å²) >= 11 is 0. The van der Waals surface area contributed by atoms with Crippen LogP contribution in [0.25, 0.3) is 0 Å². The van der Waals surface area contributed by atoms with E-state index in [0.717, 1.165) is 19.3 Å². The smallest absolute Gasteiger partial charge is 0.227 e. The zero-order valence-electron chi connectivity index (χ0n) is 9.56. The molecule has 84 valence electrons. The second kappa shape index (κ2) is 3.32. The van der Waals surface area contributed by atoms with Crippen LogP contribution < -0.4 is 5.32 Å². The van der Waals surface area contributed by atoms with Gasteiger partial charge in [-0.3, -0.25) is 14.9 Å². The number of hydrogen-bond acceptors (Lipinski definition) is 2. The minimum atomic E-state index is -0.0822. The number of imide groups is 1. The maximum absolute atomic E-state index is 11.5. The van der Waals surface area contributed by atoms with Gasteiger partial charge in [0.2, 0.25) is 11.8 Å². The summed E-state index contributed by atoms with van der Waals surface area (Å²) in [7, 11) is 0. The van der Waals surface area contributed by atoms with Gasteiger partial charge in [-0.1, -0.05) is 26.7 Å². The molecule has 0 aromatic carbocycles. The first-order valence-electron chi connectivity index (χ1n) is 5.78. The van der Waals surface area contributed by atoms with E-state index in [1.165, 1.54) is 6.42 Å². The summed E-state index contributed by atoms with van der Waals surface area (Å²) < 4.78 is 0. The standard InChI is InChI=1S/C12H19NO2/c1-11(2)5-3-4-6-12(11)7-9(14)13-10(15)8-12/h3-8H2,1-2H3,(H,13,14,15). The first-order valence-corrected chi connectivity index (χ1v) is 5.78. The molecule has 15 heavy (non-hydrogen) atoms. The molecule has 1 aliphatic heterocycles. The Morgan fingerprint density at radius 3 is 2.07 bits per heavy atom. The molecule has 0 aromatic heterocycles. The summed E-state index contributed by atoms with van der Waals surface area (Å²) in [5.74, 6) is -0.164. The quantitative estimate of drug-likeness (QED) is 0.620. The average Bonchev–Trinajstić information content (AvgIpc) is 2.09.